The fourth-order valence-electron chi connectivity index (χ4n) is 2.35. The van der Waals surface area contributed by atoms with Crippen molar-refractivity contribution < 1.29 is 13.7 Å². The van der Waals surface area contributed by atoms with Gasteiger partial charge < -0.3 is 14.3 Å². The second-order valence-corrected chi connectivity index (χ2v) is 4.64. The molecule has 0 radical (unpaired) electrons. The summed E-state index contributed by atoms with van der Waals surface area (Å²) in [7, 11) is 0. The van der Waals surface area contributed by atoms with Crippen LogP contribution in [0.5, 0.6) is 0 Å². The van der Waals surface area contributed by atoms with Gasteiger partial charge in [0.15, 0.2) is 0 Å². The summed E-state index contributed by atoms with van der Waals surface area (Å²) < 4.78 is 18.4. The lowest BCUT2D eigenvalue weighted by molar-refractivity contribution is 0.0746. The zero-order valence-corrected chi connectivity index (χ0v) is 10.8. The molecule has 6 heteroatoms. The largest absolute Gasteiger partial charge is 0.366 e. The van der Waals surface area contributed by atoms with Gasteiger partial charge in [-0.2, -0.15) is 0 Å². The van der Waals surface area contributed by atoms with Crippen LogP contribution in [0.2, 0.25) is 0 Å². The molecule has 104 valence electrons. The molecule has 1 amide bonds. The van der Waals surface area contributed by atoms with Crippen molar-refractivity contribution >= 4 is 11.6 Å². The van der Waals surface area contributed by atoms with Crippen molar-refractivity contribution in [2.75, 3.05) is 31.1 Å². The predicted molar refractivity (Wildman–Crippen MR) is 71.0 cm³/mol. The van der Waals surface area contributed by atoms with Crippen molar-refractivity contribution in [1.29, 1.82) is 0 Å². The molecular weight excluding hydrogens is 261 g/mol. The van der Waals surface area contributed by atoms with E-state index < -0.39 is 0 Å². The number of halogens is 1. The molecular formula is C14H14FN3O2. The number of benzene rings is 1. The van der Waals surface area contributed by atoms with Gasteiger partial charge in [-0.15, -0.1) is 0 Å². The molecule has 2 heterocycles. The Hall–Kier alpha value is -2.37. The van der Waals surface area contributed by atoms with Crippen LogP contribution in [0.3, 0.4) is 0 Å². The zero-order valence-electron chi connectivity index (χ0n) is 10.8. The normalized spacial score (nSPS) is 15.4. The molecule has 1 saturated heterocycles. The van der Waals surface area contributed by atoms with Crippen LogP contribution in [0.15, 0.2) is 41.2 Å². The first-order chi connectivity index (χ1) is 9.75. The first-order valence-electron chi connectivity index (χ1n) is 6.44. The molecule has 1 fully saturated rings. The van der Waals surface area contributed by atoms with E-state index in [4.69, 9.17) is 0 Å². The van der Waals surface area contributed by atoms with Crippen molar-refractivity contribution in [3.63, 3.8) is 0 Å². The van der Waals surface area contributed by atoms with Crippen LogP contribution >= 0.6 is 0 Å². The molecule has 0 aliphatic carbocycles. The van der Waals surface area contributed by atoms with Crippen molar-refractivity contribution in [2.24, 2.45) is 0 Å². The van der Waals surface area contributed by atoms with E-state index in [2.05, 4.69) is 9.68 Å². The Balaban J connectivity index is 1.65. The van der Waals surface area contributed by atoms with Gasteiger partial charge in [0, 0.05) is 26.2 Å². The lowest BCUT2D eigenvalue weighted by atomic mass is 10.2. The van der Waals surface area contributed by atoms with Gasteiger partial charge in [-0.05, 0) is 12.1 Å². The summed E-state index contributed by atoms with van der Waals surface area (Å²) in [5, 5.41) is 3.53. The number of hydrogen-bond donors (Lipinski definition) is 0. The summed E-state index contributed by atoms with van der Waals surface area (Å²) in [6.45, 7) is 2.33. The SMILES string of the molecule is O=C(c1cnoc1)N1CCN(c2ccccc2F)CC1. The number of hydrogen-bond acceptors (Lipinski definition) is 4. The third-order valence-corrected chi connectivity index (χ3v) is 3.44. The van der Waals surface area contributed by atoms with Crippen molar-refractivity contribution in [3.05, 3.63) is 48.1 Å². The quantitative estimate of drug-likeness (QED) is 0.838. The number of nitrogens with zero attached hydrogens (tertiary/aromatic N) is 3. The van der Waals surface area contributed by atoms with Crippen LogP contribution in [0, 0.1) is 5.82 Å². The van der Waals surface area contributed by atoms with Gasteiger partial charge in [0.1, 0.15) is 12.1 Å². The number of para-hydroxylation sites is 1. The predicted octanol–water partition coefficient (Wildman–Crippen LogP) is 1.78. The number of piperazine rings is 1. The monoisotopic (exact) mass is 275 g/mol. The minimum atomic E-state index is -0.230. The first-order valence-corrected chi connectivity index (χ1v) is 6.44. The smallest absolute Gasteiger partial charge is 0.258 e. The maximum Gasteiger partial charge on any atom is 0.258 e. The van der Waals surface area contributed by atoms with Crippen LogP contribution in [0.25, 0.3) is 0 Å². The average Bonchev–Trinajstić information content (AvgIpc) is 3.01. The maximum atomic E-state index is 13.7. The molecule has 5 nitrogen and oxygen atoms in total. The molecule has 0 spiro atoms. The topological polar surface area (TPSA) is 49.6 Å². The Morgan fingerprint density at radius 1 is 1.20 bits per heavy atom. The van der Waals surface area contributed by atoms with Gasteiger partial charge in [0.25, 0.3) is 5.91 Å². The minimum Gasteiger partial charge on any atom is -0.366 e. The van der Waals surface area contributed by atoms with Gasteiger partial charge in [-0.3, -0.25) is 4.79 Å². The second kappa shape index (κ2) is 5.32. The van der Waals surface area contributed by atoms with Crippen LogP contribution in [0.1, 0.15) is 10.4 Å². The molecule has 0 atom stereocenters. The summed E-state index contributed by atoms with van der Waals surface area (Å²) in [6.07, 6.45) is 2.75. The van der Waals surface area contributed by atoms with Crippen LogP contribution < -0.4 is 4.90 Å². The Morgan fingerprint density at radius 3 is 2.60 bits per heavy atom. The maximum absolute atomic E-state index is 13.7. The fourth-order valence-corrected chi connectivity index (χ4v) is 2.35. The van der Waals surface area contributed by atoms with Gasteiger partial charge in [-0.1, -0.05) is 17.3 Å². The van der Waals surface area contributed by atoms with E-state index in [9.17, 15) is 9.18 Å². The molecule has 20 heavy (non-hydrogen) atoms. The standard InChI is InChI=1S/C14H14FN3O2/c15-12-3-1-2-4-13(12)17-5-7-18(8-6-17)14(19)11-9-16-20-10-11/h1-4,9-10H,5-8H2. The number of carbonyl (C=O) groups excluding carboxylic acids is 1. The highest BCUT2D eigenvalue weighted by molar-refractivity contribution is 5.93. The summed E-state index contributed by atoms with van der Waals surface area (Å²) >= 11 is 0. The summed E-state index contributed by atoms with van der Waals surface area (Å²) in [4.78, 5) is 15.8. The van der Waals surface area contributed by atoms with Gasteiger partial charge >= 0.3 is 0 Å². The Kier molecular flexibility index (Phi) is 3.37. The Bertz CT molecular complexity index is 592. The highest BCUT2D eigenvalue weighted by Crippen LogP contribution is 2.20. The number of rotatable bonds is 2. The summed E-state index contributed by atoms with van der Waals surface area (Å²) in [5.74, 6) is -0.328. The average molecular weight is 275 g/mol. The van der Waals surface area contributed by atoms with Crippen LogP contribution in [-0.2, 0) is 0 Å². The molecule has 0 N–H and O–H groups in total. The van der Waals surface area contributed by atoms with Crippen molar-refractivity contribution in [3.8, 4) is 0 Å². The van der Waals surface area contributed by atoms with E-state index in [-0.39, 0.29) is 11.7 Å². The van der Waals surface area contributed by atoms with Crippen molar-refractivity contribution in [1.82, 2.24) is 10.1 Å². The van der Waals surface area contributed by atoms with E-state index in [1.807, 2.05) is 11.0 Å². The van der Waals surface area contributed by atoms with Gasteiger partial charge in [0.2, 0.25) is 0 Å². The van der Waals surface area contributed by atoms with E-state index in [1.54, 1.807) is 17.0 Å². The zero-order chi connectivity index (χ0) is 13.9. The molecule has 0 saturated carbocycles. The number of aromatic nitrogens is 1. The minimum absolute atomic E-state index is 0.0977. The lowest BCUT2D eigenvalue weighted by Gasteiger charge is -2.36. The highest BCUT2D eigenvalue weighted by atomic mass is 19.1. The molecule has 1 aromatic heterocycles. The van der Waals surface area contributed by atoms with E-state index in [0.29, 0.717) is 37.4 Å². The highest BCUT2D eigenvalue weighted by Gasteiger charge is 2.24. The van der Waals surface area contributed by atoms with E-state index in [1.165, 1.54) is 18.5 Å². The van der Waals surface area contributed by atoms with E-state index >= 15 is 0 Å². The molecule has 0 unspecified atom stereocenters. The third-order valence-electron chi connectivity index (χ3n) is 3.44. The summed E-state index contributed by atoms with van der Waals surface area (Å²) in [6, 6.07) is 6.69. The molecule has 1 aromatic carbocycles. The molecule has 1 aliphatic rings. The second-order valence-electron chi connectivity index (χ2n) is 4.64. The Morgan fingerprint density at radius 2 is 1.95 bits per heavy atom. The third kappa shape index (κ3) is 2.36. The van der Waals surface area contributed by atoms with Gasteiger partial charge in [-0.25, -0.2) is 4.39 Å². The van der Waals surface area contributed by atoms with Crippen LogP contribution in [-0.4, -0.2) is 42.1 Å². The van der Waals surface area contributed by atoms with E-state index in [0.717, 1.165) is 0 Å². The molecule has 2 aromatic rings. The molecule has 1 aliphatic heterocycles. The number of carbonyl (C=O) groups is 1. The molecule has 3 rings (SSSR count). The van der Waals surface area contributed by atoms with Crippen LogP contribution in [0.4, 0.5) is 10.1 Å². The van der Waals surface area contributed by atoms with Gasteiger partial charge in [0.05, 0.1) is 17.4 Å². The first kappa shape index (κ1) is 12.7. The lowest BCUT2D eigenvalue weighted by Crippen LogP contribution is -2.49. The Labute approximate surface area is 115 Å². The fraction of sp³-hybridized carbons (Fsp3) is 0.286. The number of anilines is 1. The van der Waals surface area contributed by atoms with Crippen molar-refractivity contribution in [2.45, 2.75) is 0 Å². The number of amides is 1. The summed E-state index contributed by atoms with van der Waals surface area (Å²) in [5.41, 5.74) is 1.04. The molecule has 0 bridgehead atoms.